The van der Waals surface area contributed by atoms with Crippen LogP contribution in [0.4, 0.5) is 11.5 Å². The molecule has 2 rings (SSSR count). The van der Waals surface area contributed by atoms with Gasteiger partial charge in [0.15, 0.2) is 5.69 Å². The molecule has 1 aromatic heterocycles. The zero-order chi connectivity index (χ0) is 13.7. The maximum absolute atomic E-state index is 8.83. The van der Waals surface area contributed by atoms with Crippen LogP contribution in [-0.4, -0.2) is 4.98 Å². The van der Waals surface area contributed by atoms with Crippen LogP contribution >= 0.6 is 0 Å². The highest BCUT2D eigenvalue weighted by molar-refractivity contribution is 5.54. The number of rotatable bonds is 3. The van der Waals surface area contributed by atoms with Gasteiger partial charge in [-0.05, 0) is 29.8 Å². The van der Waals surface area contributed by atoms with Crippen molar-refractivity contribution in [2.45, 2.75) is 6.54 Å². The Kier molecular flexibility index (Phi) is 3.61. The number of hydrogen-bond acceptors (Lipinski definition) is 5. The quantitative estimate of drug-likeness (QED) is 0.867. The van der Waals surface area contributed by atoms with Crippen LogP contribution in [0.3, 0.4) is 0 Å². The Balaban J connectivity index is 2.06. The minimum atomic E-state index is 0.213. The molecule has 0 radical (unpaired) electrons. The zero-order valence-electron chi connectivity index (χ0n) is 10.1. The summed E-state index contributed by atoms with van der Waals surface area (Å²) in [5, 5.41) is 20.6. The molecule has 0 saturated heterocycles. The molecule has 0 aliphatic carbocycles. The van der Waals surface area contributed by atoms with Crippen molar-refractivity contribution in [2.75, 3.05) is 11.1 Å². The SMILES string of the molecule is N#Cc1ccc(CNc2ccc(N)c(C#N)n2)cc1. The first kappa shape index (κ1) is 12.4. The highest BCUT2D eigenvalue weighted by Gasteiger charge is 2.02. The zero-order valence-corrected chi connectivity index (χ0v) is 10.1. The van der Waals surface area contributed by atoms with E-state index in [1.807, 2.05) is 18.2 Å². The molecule has 1 aromatic carbocycles. The van der Waals surface area contributed by atoms with Crippen molar-refractivity contribution in [3.05, 3.63) is 53.2 Å². The van der Waals surface area contributed by atoms with Crippen LogP contribution in [-0.2, 0) is 6.54 Å². The molecule has 0 spiro atoms. The molecular weight excluding hydrogens is 238 g/mol. The number of pyridine rings is 1. The first-order chi connectivity index (χ1) is 9.22. The third-order valence-electron chi connectivity index (χ3n) is 2.59. The van der Waals surface area contributed by atoms with Crippen molar-refractivity contribution in [1.82, 2.24) is 4.98 Å². The van der Waals surface area contributed by atoms with Crippen LogP contribution in [0.2, 0.25) is 0 Å². The minimum absolute atomic E-state index is 0.213. The van der Waals surface area contributed by atoms with Gasteiger partial charge in [0.2, 0.25) is 0 Å². The lowest BCUT2D eigenvalue weighted by atomic mass is 10.1. The lowest BCUT2D eigenvalue weighted by Gasteiger charge is -2.06. The molecule has 0 fully saturated rings. The molecular formula is C14H11N5. The molecule has 5 heteroatoms. The summed E-state index contributed by atoms with van der Waals surface area (Å²) in [5.74, 6) is 0.593. The first-order valence-corrected chi connectivity index (χ1v) is 5.62. The molecule has 1 heterocycles. The Morgan fingerprint density at radius 3 is 2.42 bits per heavy atom. The smallest absolute Gasteiger partial charge is 0.165 e. The van der Waals surface area contributed by atoms with E-state index >= 15 is 0 Å². The monoisotopic (exact) mass is 249 g/mol. The largest absolute Gasteiger partial charge is 0.396 e. The van der Waals surface area contributed by atoms with E-state index in [0.717, 1.165) is 5.56 Å². The van der Waals surface area contributed by atoms with E-state index in [0.29, 0.717) is 23.6 Å². The van der Waals surface area contributed by atoms with Crippen molar-refractivity contribution in [2.24, 2.45) is 0 Å². The normalized spacial score (nSPS) is 9.37. The molecule has 0 atom stereocenters. The topological polar surface area (TPSA) is 98.5 Å². The number of nitrogen functional groups attached to an aromatic ring is 1. The van der Waals surface area contributed by atoms with Gasteiger partial charge in [-0.2, -0.15) is 10.5 Å². The molecule has 0 unspecified atom stereocenters. The average Bonchev–Trinajstić information content (AvgIpc) is 2.47. The first-order valence-electron chi connectivity index (χ1n) is 5.62. The Bertz CT molecular complexity index is 662. The summed E-state index contributed by atoms with van der Waals surface area (Å²) in [4.78, 5) is 4.09. The second-order valence-electron chi connectivity index (χ2n) is 3.91. The fourth-order valence-electron chi connectivity index (χ4n) is 1.55. The van der Waals surface area contributed by atoms with Crippen molar-refractivity contribution < 1.29 is 0 Å². The molecule has 0 amide bonds. The Morgan fingerprint density at radius 1 is 1.05 bits per heavy atom. The molecule has 0 aliphatic rings. The second kappa shape index (κ2) is 5.52. The fourth-order valence-corrected chi connectivity index (χ4v) is 1.55. The predicted molar refractivity (Wildman–Crippen MR) is 71.8 cm³/mol. The number of benzene rings is 1. The number of anilines is 2. The molecule has 0 saturated carbocycles. The third kappa shape index (κ3) is 2.99. The number of nitrogens with zero attached hydrogens (tertiary/aromatic N) is 3. The minimum Gasteiger partial charge on any atom is -0.396 e. The molecule has 0 aliphatic heterocycles. The van der Waals surface area contributed by atoms with Gasteiger partial charge in [-0.25, -0.2) is 4.98 Å². The molecule has 92 valence electrons. The van der Waals surface area contributed by atoms with Crippen molar-refractivity contribution in [3.63, 3.8) is 0 Å². The number of nitriles is 2. The summed E-state index contributed by atoms with van der Waals surface area (Å²) in [6.07, 6.45) is 0. The molecule has 5 nitrogen and oxygen atoms in total. The molecule has 19 heavy (non-hydrogen) atoms. The van der Waals surface area contributed by atoms with Crippen LogP contribution in [0.5, 0.6) is 0 Å². The van der Waals surface area contributed by atoms with Gasteiger partial charge in [-0.3, -0.25) is 0 Å². The third-order valence-corrected chi connectivity index (χ3v) is 2.59. The van der Waals surface area contributed by atoms with Gasteiger partial charge < -0.3 is 11.1 Å². The highest BCUT2D eigenvalue weighted by Crippen LogP contribution is 2.13. The highest BCUT2D eigenvalue weighted by atomic mass is 15.0. The molecule has 2 aromatic rings. The maximum atomic E-state index is 8.83. The van der Waals surface area contributed by atoms with Crippen molar-refractivity contribution >= 4 is 11.5 Å². The van der Waals surface area contributed by atoms with E-state index in [4.69, 9.17) is 16.3 Å². The van der Waals surface area contributed by atoms with Gasteiger partial charge in [0.1, 0.15) is 11.9 Å². The van der Waals surface area contributed by atoms with Gasteiger partial charge in [0.25, 0.3) is 0 Å². The van der Waals surface area contributed by atoms with Gasteiger partial charge in [0.05, 0.1) is 17.3 Å². The summed E-state index contributed by atoms with van der Waals surface area (Å²) in [6, 6.07) is 14.6. The van der Waals surface area contributed by atoms with E-state index in [2.05, 4.69) is 16.4 Å². The Morgan fingerprint density at radius 2 is 1.79 bits per heavy atom. The summed E-state index contributed by atoms with van der Waals surface area (Å²) in [7, 11) is 0. The number of nitrogens with one attached hydrogen (secondary N) is 1. The van der Waals surface area contributed by atoms with Gasteiger partial charge in [0, 0.05) is 6.54 Å². The van der Waals surface area contributed by atoms with Crippen molar-refractivity contribution in [3.8, 4) is 12.1 Å². The number of hydrogen-bond donors (Lipinski definition) is 2. The van der Waals surface area contributed by atoms with Crippen molar-refractivity contribution in [1.29, 1.82) is 10.5 Å². The lowest BCUT2D eigenvalue weighted by molar-refractivity contribution is 1.10. The van der Waals surface area contributed by atoms with Gasteiger partial charge >= 0.3 is 0 Å². The number of aromatic nitrogens is 1. The summed E-state index contributed by atoms with van der Waals surface area (Å²) in [5.41, 5.74) is 7.83. The predicted octanol–water partition coefficient (Wildman–Crippen LogP) is 2.02. The summed E-state index contributed by atoms with van der Waals surface area (Å²) < 4.78 is 0. The van der Waals surface area contributed by atoms with Crippen LogP contribution < -0.4 is 11.1 Å². The summed E-state index contributed by atoms with van der Waals surface area (Å²) >= 11 is 0. The molecule has 3 N–H and O–H groups in total. The average molecular weight is 249 g/mol. The fraction of sp³-hybridized carbons (Fsp3) is 0.0714. The van der Waals surface area contributed by atoms with E-state index in [1.165, 1.54) is 0 Å². The van der Waals surface area contributed by atoms with Crippen LogP contribution in [0.25, 0.3) is 0 Å². The van der Waals surface area contributed by atoms with Crippen LogP contribution in [0, 0.1) is 22.7 Å². The maximum Gasteiger partial charge on any atom is 0.165 e. The van der Waals surface area contributed by atoms with E-state index in [-0.39, 0.29) is 5.69 Å². The summed E-state index contributed by atoms with van der Waals surface area (Å²) in [6.45, 7) is 0.563. The Labute approximate surface area is 110 Å². The van der Waals surface area contributed by atoms with Crippen LogP contribution in [0.1, 0.15) is 16.8 Å². The van der Waals surface area contributed by atoms with Crippen LogP contribution in [0.15, 0.2) is 36.4 Å². The standard InChI is InChI=1S/C14H11N5/c15-7-10-1-3-11(4-2-10)9-18-14-6-5-12(17)13(8-16)19-14/h1-6H,9,17H2,(H,18,19). The van der Waals surface area contributed by atoms with E-state index in [9.17, 15) is 0 Å². The number of nitrogens with two attached hydrogens (primary N) is 1. The van der Waals surface area contributed by atoms with E-state index in [1.54, 1.807) is 24.3 Å². The van der Waals surface area contributed by atoms with Gasteiger partial charge in [-0.1, -0.05) is 12.1 Å². The Hall–Kier alpha value is -3.05. The second-order valence-corrected chi connectivity index (χ2v) is 3.91. The van der Waals surface area contributed by atoms with E-state index < -0.39 is 0 Å². The van der Waals surface area contributed by atoms with Gasteiger partial charge in [-0.15, -0.1) is 0 Å². The lowest BCUT2D eigenvalue weighted by Crippen LogP contribution is -2.03. The molecule has 0 bridgehead atoms.